The zero-order valence-electron chi connectivity index (χ0n) is 18.0. The lowest BCUT2D eigenvalue weighted by molar-refractivity contribution is 0.0744. The monoisotopic (exact) mass is 422 g/mol. The van der Waals surface area contributed by atoms with Crippen LogP contribution in [0.3, 0.4) is 0 Å². The lowest BCUT2D eigenvalue weighted by atomic mass is 10.1. The molecule has 1 aliphatic rings. The van der Waals surface area contributed by atoms with E-state index in [9.17, 15) is 4.79 Å². The number of benzene rings is 2. The lowest BCUT2D eigenvalue weighted by Crippen LogP contribution is -2.31. The third-order valence-corrected chi connectivity index (χ3v) is 5.35. The highest BCUT2D eigenvalue weighted by atomic mass is 16.6. The van der Waals surface area contributed by atoms with E-state index in [1.54, 1.807) is 17.0 Å². The first-order valence-electron chi connectivity index (χ1n) is 10.4. The highest BCUT2D eigenvalue weighted by molar-refractivity contribution is 5.97. The first-order valence-corrected chi connectivity index (χ1v) is 10.4. The molecule has 0 fully saturated rings. The van der Waals surface area contributed by atoms with Crippen LogP contribution in [0.25, 0.3) is 0 Å². The van der Waals surface area contributed by atoms with Gasteiger partial charge in [-0.15, -0.1) is 0 Å². The molecular weight excluding hydrogens is 396 g/mol. The molecule has 1 aliphatic heterocycles. The number of ether oxygens (including phenoxy) is 3. The van der Waals surface area contributed by atoms with Crippen LogP contribution in [0.5, 0.6) is 17.2 Å². The van der Waals surface area contributed by atoms with Gasteiger partial charge in [0.2, 0.25) is 0 Å². The normalized spacial score (nSPS) is 12.5. The van der Waals surface area contributed by atoms with E-state index in [1.165, 1.54) is 0 Å². The number of amides is 1. The van der Waals surface area contributed by atoms with Crippen molar-refractivity contribution >= 4 is 5.91 Å². The number of para-hydroxylation sites is 2. The Morgan fingerprint density at radius 1 is 1.10 bits per heavy atom. The van der Waals surface area contributed by atoms with Crippen LogP contribution in [-0.4, -0.2) is 35.7 Å². The molecule has 0 radical (unpaired) electrons. The van der Waals surface area contributed by atoms with Crippen molar-refractivity contribution in [3.05, 3.63) is 70.6 Å². The third-order valence-electron chi connectivity index (χ3n) is 5.35. The number of hydrogen-bond donors (Lipinski definition) is 0. The van der Waals surface area contributed by atoms with Gasteiger partial charge < -0.3 is 23.6 Å². The molecule has 1 amide bonds. The molecule has 2 aromatic carbocycles. The first kappa shape index (κ1) is 20.8. The number of nitrogens with zero attached hydrogens (tertiary/aromatic N) is 2. The highest BCUT2D eigenvalue weighted by Gasteiger charge is 2.23. The minimum absolute atomic E-state index is 0.105. The van der Waals surface area contributed by atoms with Gasteiger partial charge >= 0.3 is 0 Å². The molecule has 7 heteroatoms. The molecule has 0 atom stereocenters. The molecule has 162 valence electrons. The molecule has 31 heavy (non-hydrogen) atoms. The Labute approximate surface area is 181 Å². The minimum Gasteiger partial charge on any atom is -0.488 e. The van der Waals surface area contributed by atoms with Gasteiger partial charge in [-0.25, -0.2) is 0 Å². The zero-order valence-corrected chi connectivity index (χ0v) is 18.0. The molecule has 3 aromatic rings. The van der Waals surface area contributed by atoms with Gasteiger partial charge in [0, 0.05) is 18.7 Å². The van der Waals surface area contributed by atoms with Gasteiger partial charge in [-0.3, -0.25) is 4.79 Å². The SMILES string of the molecule is CCN(Cc1cccc2c1OCCO2)C(=O)c1ccccc1OCc1c(C)noc1C. The maximum absolute atomic E-state index is 13.4. The molecule has 2 heterocycles. The molecule has 0 bridgehead atoms. The highest BCUT2D eigenvalue weighted by Crippen LogP contribution is 2.34. The summed E-state index contributed by atoms with van der Waals surface area (Å²) in [6.45, 7) is 7.96. The Bertz CT molecular complexity index is 1060. The van der Waals surface area contributed by atoms with Crippen LogP contribution < -0.4 is 14.2 Å². The van der Waals surface area contributed by atoms with Crippen LogP contribution in [-0.2, 0) is 13.2 Å². The van der Waals surface area contributed by atoms with E-state index in [2.05, 4.69) is 5.16 Å². The third kappa shape index (κ3) is 4.35. The molecule has 1 aromatic heterocycles. The van der Waals surface area contributed by atoms with Crippen molar-refractivity contribution in [3.63, 3.8) is 0 Å². The molecule has 0 saturated heterocycles. The van der Waals surface area contributed by atoms with Crippen LogP contribution in [0.1, 0.15) is 39.9 Å². The fraction of sp³-hybridized carbons (Fsp3) is 0.333. The average molecular weight is 422 g/mol. The molecule has 0 saturated carbocycles. The number of aryl methyl sites for hydroxylation is 2. The maximum atomic E-state index is 13.4. The second-order valence-corrected chi connectivity index (χ2v) is 7.35. The minimum atomic E-state index is -0.105. The maximum Gasteiger partial charge on any atom is 0.257 e. The molecule has 4 rings (SSSR count). The fourth-order valence-corrected chi connectivity index (χ4v) is 3.59. The summed E-state index contributed by atoms with van der Waals surface area (Å²) in [4.78, 5) is 15.2. The van der Waals surface area contributed by atoms with Crippen LogP contribution in [0.2, 0.25) is 0 Å². The summed E-state index contributed by atoms with van der Waals surface area (Å²) in [6.07, 6.45) is 0. The summed E-state index contributed by atoms with van der Waals surface area (Å²) in [5, 5.41) is 3.96. The van der Waals surface area contributed by atoms with Gasteiger partial charge in [0.05, 0.1) is 16.8 Å². The molecule has 0 spiro atoms. The summed E-state index contributed by atoms with van der Waals surface area (Å²) in [5.74, 6) is 2.57. The Kier molecular flexibility index (Phi) is 6.11. The Morgan fingerprint density at radius 2 is 1.90 bits per heavy atom. The Hall–Kier alpha value is -3.48. The standard InChI is InChI=1S/C24H26N2O5/c1-4-26(14-18-8-7-11-22-23(18)29-13-12-28-22)24(27)19-9-5-6-10-21(19)30-15-20-16(2)25-31-17(20)3/h5-11H,4,12-15H2,1-3H3. The van der Waals surface area contributed by atoms with E-state index in [0.717, 1.165) is 22.6 Å². The summed E-state index contributed by atoms with van der Waals surface area (Å²) < 4.78 is 22.7. The van der Waals surface area contributed by atoms with Crippen LogP contribution in [0.4, 0.5) is 0 Å². The van der Waals surface area contributed by atoms with Crippen molar-refractivity contribution in [3.8, 4) is 17.2 Å². The largest absolute Gasteiger partial charge is 0.488 e. The number of fused-ring (bicyclic) bond motifs is 1. The van der Waals surface area contributed by atoms with Gasteiger partial charge in [0.25, 0.3) is 5.91 Å². The number of carbonyl (C=O) groups excluding carboxylic acids is 1. The molecule has 7 nitrogen and oxygen atoms in total. The zero-order chi connectivity index (χ0) is 21.8. The topological polar surface area (TPSA) is 74.0 Å². The predicted octanol–water partition coefficient (Wildman–Crippen LogP) is 4.30. The quantitative estimate of drug-likeness (QED) is 0.565. The van der Waals surface area contributed by atoms with Gasteiger partial charge in [-0.05, 0) is 39.0 Å². The van der Waals surface area contributed by atoms with Gasteiger partial charge in [0.1, 0.15) is 31.3 Å². The number of carbonyl (C=O) groups is 1. The molecule has 0 aliphatic carbocycles. The second kappa shape index (κ2) is 9.12. The first-order chi connectivity index (χ1) is 15.1. The summed E-state index contributed by atoms with van der Waals surface area (Å²) >= 11 is 0. The number of aromatic nitrogens is 1. The van der Waals surface area contributed by atoms with Crippen molar-refractivity contribution in [1.29, 1.82) is 0 Å². The Balaban J connectivity index is 1.54. The van der Waals surface area contributed by atoms with Crippen LogP contribution >= 0.6 is 0 Å². The van der Waals surface area contributed by atoms with Crippen molar-refractivity contribution in [2.24, 2.45) is 0 Å². The lowest BCUT2D eigenvalue weighted by Gasteiger charge is -2.26. The van der Waals surface area contributed by atoms with Gasteiger partial charge in [-0.1, -0.05) is 29.4 Å². The van der Waals surface area contributed by atoms with Crippen LogP contribution in [0, 0.1) is 13.8 Å². The van der Waals surface area contributed by atoms with E-state index in [0.29, 0.717) is 49.1 Å². The molecule has 0 unspecified atom stereocenters. The second-order valence-electron chi connectivity index (χ2n) is 7.35. The van der Waals surface area contributed by atoms with Crippen LogP contribution in [0.15, 0.2) is 47.0 Å². The Morgan fingerprint density at radius 3 is 2.68 bits per heavy atom. The van der Waals surface area contributed by atoms with Gasteiger partial charge in [-0.2, -0.15) is 0 Å². The molecule has 0 N–H and O–H groups in total. The summed E-state index contributed by atoms with van der Waals surface area (Å²) in [6, 6.07) is 13.0. The fourth-order valence-electron chi connectivity index (χ4n) is 3.59. The van der Waals surface area contributed by atoms with E-state index in [-0.39, 0.29) is 12.5 Å². The van der Waals surface area contributed by atoms with Crippen molar-refractivity contribution in [2.75, 3.05) is 19.8 Å². The van der Waals surface area contributed by atoms with Crippen molar-refractivity contribution in [2.45, 2.75) is 33.9 Å². The van der Waals surface area contributed by atoms with Crippen molar-refractivity contribution in [1.82, 2.24) is 10.1 Å². The molecular formula is C24H26N2O5. The number of hydrogen-bond acceptors (Lipinski definition) is 6. The van der Waals surface area contributed by atoms with Gasteiger partial charge in [0.15, 0.2) is 11.5 Å². The van der Waals surface area contributed by atoms with E-state index >= 15 is 0 Å². The summed E-state index contributed by atoms with van der Waals surface area (Å²) in [5.41, 5.74) is 3.11. The van der Waals surface area contributed by atoms with E-state index in [1.807, 2.05) is 51.1 Å². The summed E-state index contributed by atoms with van der Waals surface area (Å²) in [7, 11) is 0. The average Bonchev–Trinajstić information content (AvgIpc) is 3.13. The van der Waals surface area contributed by atoms with Crippen molar-refractivity contribution < 1.29 is 23.5 Å². The van der Waals surface area contributed by atoms with E-state index < -0.39 is 0 Å². The number of rotatable bonds is 7. The van der Waals surface area contributed by atoms with E-state index in [4.69, 9.17) is 18.7 Å². The predicted molar refractivity (Wildman–Crippen MR) is 115 cm³/mol. The smallest absolute Gasteiger partial charge is 0.257 e.